The molecule has 3 N–H and O–H groups in total. The summed E-state index contributed by atoms with van der Waals surface area (Å²) < 4.78 is 26.4. The van der Waals surface area contributed by atoms with Crippen LogP contribution < -0.4 is 11.1 Å². The second-order valence-corrected chi connectivity index (χ2v) is 5.24. The average Bonchev–Trinajstić information content (AvgIpc) is 2.46. The number of alkyl halides is 2. The Labute approximate surface area is 125 Å². The number of benzene rings is 2. The second-order valence-electron chi connectivity index (χ2n) is 4.38. The molecule has 5 heteroatoms. The summed E-state index contributed by atoms with van der Waals surface area (Å²) in [5, 5.41) is 3.26. The van der Waals surface area contributed by atoms with Crippen molar-refractivity contribution in [2.75, 3.05) is 11.9 Å². The predicted octanol–water partition coefficient (Wildman–Crippen LogP) is 4.50. The minimum Gasteiger partial charge on any atom is -0.376 e. The maximum absolute atomic E-state index is 12.7. The maximum atomic E-state index is 12.7. The lowest BCUT2D eigenvalue weighted by molar-refractivity contribution is 0.151. The van der Waals surface area contributed by atoms with Crippen molar-refractivity contribution in [2.24, 2.45) is 5.73 Å². The molecule has 0 aliphatic rings. The topological polar surface area (TPSA) is 38.0 Å². The smallest absolute Gasteiger partial charge is 0.263 e. The molecule has 0 bridgehead atoms. The van der Waals surface area contributed by atoms with Crippen LogP contribution in [0.4, 0.5) is 14.5 Å². The van der Waals surface area contributed by atoms with Gasteiger partial charge in [-0.2, -0.15) is 0 Å². The molecule has 1 unspecified atom stereocenters. The number of anilines is 1. The molecule has 0 aliphatic carbocycles. The Morgan fingerprint density at radius 2 is 1.75 bits per heavy atom. The largest absolute Gasteiger partial charge is 0.376 e. The van der Waals surface area contributed by atoms with Crippen LogP contribution >= 0.6 is 15.9 Å². The zero-order valence-electron chi connectivity index (χ0n) is 10.7. The highest BCUT2D eigenvalue weighted by molar-refractivity contribution is 9.10. The molecule has 0 saturated heterocycles. The fourth-order valence-electron chi connectivity index (χ4n) is 1.96. The molecule has 0 aliphatic heterocycles. The first-order valence-electron chi connectivity index (χ1n) is 6.21. The Morgan fingerprint density at radius 3 is 2.40 bits per heavy atom. The number of hydrogen-bond acceptors (Lipinski definition) is 2. The molecule has 0 heterocycles. The van der Waals surface area contributed by atoms with Crippen molar-refractivity contribution in [3.05, 3.63) is 64.1 Å². The van der Waals surface area contributed by atoms with Crippen molar-refractivity contribution in [1.29, 1.82) is 0 Å². The number of nitrogens with two attached hydrogens (primary N) is 1. The Bertz CT molecular complexity index is 575. The van der Waals surface area contributed by atoms with Crippen LogP contribution in [0.2, 0.25) is 0 Å². The van der Waals surface area contributed by atoms with Crippen LogP contribution in [0.15, 0.2) is 53.0 Å². The lowest BCUT2D eigenvalue weighted by Gasteiger charge is -2.20. The zero-order chi connectivity index (χ0) is 14.5. The molecule has 2 aromatic rings. The van der Waals surface area contributed by atoms with E-state index in [4.69, 9.17) is 5.73 Å². The van der Waals surface area contributed by atoms with Gasteiger partial charge in [0.1, 0.15) is 0 Å². The first kappa shape index (κ1) is 14.9. The van der Waals surface area contributed by atoms with E-state index in [1.165, 1.54) is 12.1 Å². The number of nitrogens with one attached hydrogen (secondary N) is 1. The molecule has 2 nitrogen and oxygen atoms in total. The standard InChI is InChI=1S/C15H15BrF2N2/c16-12-6-1-2-7-13(12)20-14(9-19)10-4-3-5-11(8-10)15(17)18/h1-8,14-15,20H,9,19H2. The van der Waals surface area contributed by atoms with E-state index < -0.39 is 6.43 Å². The molecular weight excluding hydrogens is 326 g/mol. The highest BCUT2D eigenvalue weighted by Crippen LogP contribution is 2.28. The Hall–Kier alpha value is -1.46. The summed E-state index contributed by atoms with van der Waals surface area (Å²) in [6, 6.07) is 13.7. The molecule has 1 atom stereocenters. The van der Waals surface area contributed by atoms with Gasteiger partial charge in [-0.15, -0.1) is 0 Å². The first-order chi connectivity index (χ1) is 9.61. The van der Waals surface area contributed by atoms with E-state index >= 15 is 0 Å². The summed E-state index contributed by atoms with van der Waals surface area (Å²) in [4.78, 5) is 0. The monoisotopic (exact) mass is 340 g/mol. The molecular formula is C15H15BrF2N2. The van der Waals surface area contributed by atoms with Gasteiger partial charge in [-0.3, -0.25) is 0 Å². The van der Waals surface area contributed by atoms with Crippen LogP contribution in [0.3, 0.4) is 0 Å². The van der Waals surface area contributed by atoms with Gasteiger partial charge in [-0.1, -0.05) is 30.3 Å². The Balaban J connectivity index is 2.24. The summed E-state index contributed by atoms with van der Waals surface area (Å²) >= 11 is 3.44. The molecule has 0 saturated carbocycles. The number of halogens is 3. The van der Waals surface area contributed by atoms with Crippen LogP contribution in [-0.4, -0.2) is 6.54 Å². The van der Waals surface area contributed by atoms with Crippen LogP contribution in [0.25, 0.3) is 0 Å². The third-order valence-corrected chi connectivity index (χ3v) is 3.70. The van der Waals surface area contributed by atoms with Crippen LogP contribution in [-0.2, 0) is 0 Å². The summed E-state index contributed by atoms with van der Waals surface area (Å²) in [5.41, 5.74) is 7.40. The Morgan fingerprint density at radius 1 is 1.05 bits per heavy atom. The van der Waals surface area contributed by atoms with Crippen LogP contribution in [0.5, 0.6) is 0 Å². The van der Waals surface area contributed by atoms with Crippen molar-refractivity contribution in [2.45, 2.75) is 12.5 Å². The zero-order valence-corrected chi connectivity index (χ0v) is 12.3. The van der Waals surface area contributed by atoms with Gasteiger partial charge >= 0.3 is 0 Å². The van der Waals surface area contributed by atoms with Crippen molar-refractivity contribution in [1.82, 2.24) is 0 Å². The molecule has 0 amide bonds. The van der Waals surface area contributed by atoms with Gasteiger partial charge in [0.05, 0.1) is 6.04 Å². The van der Waals surface area contributed by atoms with Crippen molar-refractivity contribution in [3.63, 3.8) is 0 Å². The number of hydrogen-bond donors (Lipinski definition) is 2. The van der Waals surface area contributed by atoms with Crippen LogP contribution in [0.1, 0.15) is 23.6 Å². The third kappa shape index (κ3) is 3.55. The molecule has 20 heavy (non-hydrogen) atoms. The minimum absolute atomic E-state index is 0.00915. The molecule has 0 spiro atoms. The molecule has 0 radical (unpaired) electrons. The van der Waals surface area contributed by atoms with E-state index in [9.17, 15) is 8.78 Å². The molecule has 2 aromatic carbocycles. The van der Waals surface area contributed by atoms with Crippen molar-refractivity contribution >= 4 is 21.6 Å². The van der Waals surface area contributed by atoms with Gasteiger partial charge in [-0.05, 0) is 39.7 Å². The lowest BCUT2D eigenvalue weighted by Crippen LogP contribution is -2.21. The molecule has 106 valence electrons. The molecule has 0 aromatic heterocycles. The fourth-order valence-corrected chi connectivity index (χ4v) is 2.36. The lowest BCUT2D eigenvalue weighted by atomic mass is 10.0. The van der Waals surface area contributed by atoms with Gasteiger partial charge in [0.15, 0.2) is 0 Å². The fraction of sp³-hybridized carbons (Fsp3) is 0.200. The van der Waals surface area contributed by atoms with E-state index in [1.54, 1.807) is 12.1 Å². The molecule has 0 fully saturated rings. The highest BCUT2D eigenvalue weighted by atomic mass is 79.9. The quantitative estimate of drug-likeness (QED) is 0.840. The van der Waals surface area contributed by atoms with E-state index in [0.29, 0.717) is 6.54 Å². The summed E-state index contributed by atoms with van der Waals surface area (Å²) in [6.45, 7) is 0.314. The van der Waals surface area contributed by atoms with Crippen LogP contribution in [0, 0.1) is 0 Å². The summed E-state index contributed by atoms with van der Waals surface area (Å²) in [5.74, 6) is 0. The maximum Gasteiger partial charge on any atom is 0.263 e. The summed E-state index contributed by atoms with van der Waals surface area (Å²) in [7, 11) is 0. The van der Waals surface area contributed by atoms with E-state index in [0.717, 1.165) is 15.7 Å². The van der Waals surface area contributed by atoms with Gasteiger partial charge in [0, 0.05) is 22.3 Å². The average molecular weight is 341 g/mol. The second kappa shape index (κ2) is 6.81. The van der Waals surface area contributed by atoms with E-state index in [1.807, 2.05) is 24.3 Å². The third-order valence-electron chi connectivity index (χ3n) is 3.00. The highest BCUT2D eigenvalue weighted by Gasteiger charge is 2.14. The van der Waals surface area contributed by atoms with Gasteiger partial charge < -0.3 is 11.1 Å². The van der Waals surface area contributed by atoms with Gasteiger partial charge in [0.2, 0.25) is 0 Å². The summed E-state index contributed by atoms with van der Waals surface area (Å²) in [6.07, 6.45) is -2.48. The predicted molar refractivity (Wildman–Crippen MR) is 81.0 cm³/mol. The Kier molecular flexibility index (Phi) is 5.09. The van der Waals surface area contributed by atoms with Gasteiger partial charge in [-0.25, -0.2) is 8.78 Å². The number of para-hydroxylation sites is 1. The van der Waals surface area contributed by atoms with Gasteiger partial charge in [0.25, 0.3) is 6.43 Å². The SMILES string of the molecule is NCC(Nc1ccccc1Br)c1cccc(C(F)F)c1. The van der Waals surface area contributed by atoms with E-state index in [2.05, 4.69) is 21.2 Å². The van der Waals surface area contributed by atoms with Crippen molar-refractivity contribution in [3.8, 4) is 0 Å². The normalized spacial score (nSPS) is 12.4. The molecule has 2 rings (SSSR count). The first-order valence-corrected chi connectivity index (χ1v) is 7.00. The minimum atomic E-state index is -2.48. The van der Waals surface area contributed by atoms with Crippen molar-refractivity contribution < 1.29 is 8.78 Å². The van der Waals surface area contributed by atoms with E-state index in [-0.39, 0.29) is 11.6 Å². The number of rotatable bonds is 5.